The first kappa shape index (κ1) is 14.8. The van der Waals surface area contributed by atoms with Gasteiger partial charge in [0.15, 0.2) is 0 Å². The molecule has 1 amide bonds. The molecular formula is C17H22N4O. The lowest BCUT2D eigenvalue weighted by Crippen LogP contribution is -2.32. The fourth-order valence-electron chi connectivity index (χ4n) is 3.31. The molecule has 3 rings (SSSR count). The molecule has 1 aliphatic rings. The summed E-state index contributed by atoms with van der Waals surface area (Å²) in [4.78, 5) is 19.0. The van der Waals surface area contributed by atoms with Crippen LogP contribution in [0.15, 0.2) is 24.5 Å². The monoisotopic (exact) mass is 298 g/mol. The Hall–Kier alpha value is -2.17. The highest BCUT2D eigenvalue weighted by molar-refractivity contribution is 5.80. The Labute approximate surface area is 131 Å². The third-order valence-electron chi connectivity index (χ3n) is 4.63. The lowest BCUT2D eigenvalue weighted by molar-refractivity contribution is -0.131. The molecule has 5 heteroatoms. The average Bonchev–Trinajstić information content (AvgIpc) is 3.09. The second-order valence-corrected chi connectivity index (χ2v) is 5.98. The highest BCUT2D eigenvalue weighted by Crippen LogP contribution is 2.32. The number of hydrogen-bond donors (Lipinski definition) is 0. The van der Waals surface area contributed by atoms with E-state index in [4.69, 9.17) is 0 Å². The van der Waals surface area contributed by atoms with Crippen molar-refractivity contribution in [2.75, 3.05) is 6.54 Å². The van der Waals surface area contributed by atoms with Crippen LogP contribution in [-0.2, 0) is 18.3 Å². The van der Waals surface area contributed by atoms with E-state index in [1.165, 1.54) is 0 Å². The van der Waals surface area contributed by atoms with E-state index in [0.717, 1.165) is 41.9 Å². The zero-order valence-electron chi connectivity index (χ0n) is 13.4. The van der Waals surface area contributed by atoms with Gasteiger partial charge in [-0.15, -0.1) is 0 Å². The van der Waals surface area contributed by atoms with Gasteiger partial charge in [-0.25, -0.2) is 0 Å². The molecule has 2 aromatic rings. The summed E-state index contributed by atoms with van der Waals surface area (Å²) >= 11 is 0. The van der Waals surface area contributed by atoms with E-state index in [9.17, 15) is 4.79 Å². The number of pyridine rings is 1. The predicted octanol–water partition coefficient (Wildman–Crippen LogP) is 2.34. The molecular weight excluding hydrogens is 276 g/mol. The molecule has 5 nitrogen and oxygen atoms in total. The molecule has 0 aromatic carbocycles. The molecule has 0 radical (unpaired) electrons. The summed E-state index contributed by atoms with van der Waals surface area (Å²) in [5.41, 5.74) is 4.21. The number of nitrogens with zero attached hydrogens (tertiary/aromatic N) is 4. The lowest BCUT2D eigenvalue weighted by Gasteiger charge is -2.25. The van der Waals surface area contributed by atoms with Crippen LogP contribution in [0.4, 0.5) is 0 Å². The number of carbonyl (C=O) groups excluding carboxylic acids is 1. The standard InChI is InChI=1S/C17H22N4O/c1-12-15(13(2)20(3)19-12)10-17(22)21-9-5-7-16(21)14-6-4-8-18-11-14/h4,6,8,11,16H,5,7,9-10H2,1-3H3. The Morgan fingerprint density at radius 1 is 1.41 bits per heavy atom. The summed E-state index contributed by atoms with van der Waals surface area (Å²) < 4.78 is 1.85. The lowest BCUT2D eigenvalue weighted by atomic mass is 10.1. The van der Waals surface area contributed by atoms with Crippen molar-refractivity contribution in [3.63, 3.8) is 0 Å². The molecule has 1 atom stereocenters. The van der Waals surface area contributed by atoms with Gasteiger partial charge >= 0.3 is 0 Å². The topological polar surface area (TPSA) is 51.0 Å². The molecule has 2 aromatic heterocycles. The Morgan fingerprint density at radius 2 is 2.23 bits per heavy atom. The van der Waals surface area contributed by atoms with Crippen LogP contribution in [0.5, 0.6) is 0 Å². The summed E-state index contributed by atoms with van der Waals surface area (Å²) in [7, 11) is 1.92. The first-order valence-corrected chi connectivity index (χ1v) is 7.76. The summed E-state index contributed by atoms with van der Waals surface area (Å²) in [5.74, 6) is 0.186. The van der Waals surface area contributed by atoms with Gasteiger partial charge in [0.2, 0.25) is 5.91 Å². The molecule has 1 fully saturated rings. The van der Waals surface area contributed by atoms with E-state index in [0.29, 0.717) is 6.42 Å². The van der Waals surface area contributed by atoms with Crippen LogP contribution in [0.3, 0.4) is 0 Å². The van der Waals surface area contributed by atoms with Crippen LogP contribution in [0, 0.1) is 13.8 Å². The summed E-state index contributed by atoms with van der Waals surface area (Å²) in [6.45, 7) is 4.82. The van der Waals surface area contributed by atoms with E-state index in [2.05, 4.69) is 16.1 Å². The van der Waals surface area contributed by atoms with Crippen LogP contribution in [0.25, 0.3) is 0 Å². The van der Waals surface area contributed by atoms with Gasteiger partial charge in [0.1, 0.15) is 0 Å². The number of rotatable bonds is 3. The quantitative estimate of drug-likeness (QED) is 0.874. The average molecular weight is 298 g/mol. The molecule has 0 N–H and O–H groups in total. The zero-order chi connectivity index (χ0) is 15.7. The highest BCUT2D eigenvalue weighted by Gasteiger charge is 2.30. The maximum atomic E-state index is 12.8. The second kappa shape index (κ2) is 5.91. The van der Waals surface area contributed by atoms with E-state index in [-0.39, 0.29) is 11.9 Å². The van der Waals surface area contributed by atoms with Gasteiger partial charge in [-0.3, -0.25) is 14.5 Å². The first-order chi connectivity index (χ1) is 10.6. The molecule has 1 aliphatic heterocycles. The van der Waals surface area contributed by atoms with Gasteiger partial charge in [-0.2, -0.15) is 5.10 Å². The van der Waals surface area contributed by atoms with E-state index in [1.54, 1.807) is 6.20 Å². The SMILES string of the molecule is Cc1nn(C)c(C)c1CC(=O)N1CCCC1c1cccnc1. The van der Waals surface area contributed by atoms with Crippen molar-refractivity contribution in [1.82, 2.24) is 19.7 Å². The van der Waals surface area contributed by atoms with Gasteiger partial charge < -0.3 is 4.90 Å². The summed E-state index contributed by atoms with van der Waals surface area (Å²) in [6.07, 6.45) is 6.14. The van der Waals surface area contributed by atoms with Crippen molar-refractivity contribution in [1.29, 1.82) is 0 Å². The molecule has 1 unspecified atom stereocenters. The second-order valence-electron chi connectivity index (χ2n) is 5.98. The molecule has 1 saturated heterocycles. The number of aromatic nitrogens is 3. The Bertz CT molecular complexity index is 677. The van der Waals surface area contributed by atoms with Gasteiger partial charge in [-0.05, 0) is 38.3 Å². The van der Waals surface area contributed by atoms with Crippen LogP contribution >= 0.6 is 0 Å². The van der Waals surface area contributed by atoms with Gasteiger partial charge in [0.05, 0.1) is 18.2 Å². The molecule has 22 heavy (non-hydrogen) atoms. The van der Waals surface area contributed by atoms with Crippen molar-refractivity contribution in [3.05, 3.63) is 47.0 Å². The molecule has 0 spiro atoms. The summed E-state index contributed by atoms with van der Waals surface area (Å²) in [6, 6.07) is 4.16. The number of carbonyl (C=O) groups is 1. The fraction of sp³-hybridized carbons (Fsp3) is 0.471. The normalized spacial score (nSPS) is 18.0. The van der Waals surface area contributed by atoms with E-state index < -0.39 is 0 Å². The Kier molecular flexibility index (Phi) is 3.96. The molecule has 0 bridgehead atoms. The number of likely N-dealkylation sites (tertiary alicyclic amines) is 1. The van der Waals surface area contributed by atoms with Crippen LogP contribution in [0.1, 0.15) is 41.4 Å². The van der Waals surface area contributed by atoms with Crippen molar-refractivity contribution in [2.24, 2.45) is 7.05 Å². The highest BCUT2D eigenvalue weighted by atomic mass is 16.2. The van der Waals surface area contributed by atoms with Crippen molar-refractivity contribution < 1.29 is 4.79 Å². The van der Waals surface area contributed by atoms with Crippen LogP contribution < -0.4 is 0 Å². The van der Waals surface area contributed by atoms with Gasteiger partial charge in [0.25, 0.3) is 0 Å². The third-order valence-corrected chi connectivity index (χ3v) is 4.63. The minimum Gasteiger partial charge on any atom is -0.335 e. The predicted molar refractivity (Wildman–Crippen MR) is 84.3 cm³/mol. The molecule has 0 saturated carbocycles. The smallest absolute Gasteiger partial charge is 0.227 e. The zero-order valence-corrected chi connectivity index (χ0v) is 13.4. The Balaban J connectivity index is 1.79. The Morgan fingerprint density at radius 3 is 2.86 bits per heavy atom. The first-order valence-electron chi connectivity index (χ1n) is 7.76. The van der Waals surface area contributed by atoms with Gasteiger partial charge in [0, 0.05) is 37.2 Å². The van der Waals surface area contributed by atoms with E-state index >= 15 is 0 Å². The number of amides is 1. The van der Waals surface area contributed by atoms with Gasteiger partial charge in [-0.1, -0.05) is 6.07 Å². The fourth-order valence-corrected chi connectivity index (χ4v) is 3.31. The van der Waals surface area contributed by atoms with Crippen molar-refractivity contribution >= 4 is 5.91 Å². The number of hydrogen-bond acceptors (Lipinski definition) is 3. The minimum atomic E-state index is 0.165. The minimum absolute atomic E-state index is 0.165. The largest absolute Gasteiger partial charge is 0.335 e. The van der Waals surface area contributed by atoms with E-state index in [1.807, 2.05) is 42.7 Å². The maximum Gasteiger partial charge on any atom is 0.227 e. The van der Waals surface area contributed by atoms with Crippen molar-refractivity contribution in [2.45, 2.75) is 39.2 Å². The molecule has 3 heterocycles. The summed E-state index contributed by atoms with van der Waals surface area (Å²) in [5, 5.41) is 4.40. The van der Waals surface area contributed by atoms with Crippen LogP contribution in [0.2, 0.25) is 0 Å². The molecule has 0 aliphatic carbocycles. The molecule has 116 valence electrons. The number of aryl methyl sites for hydroxylation is 2. The van der Waals surface area contributed by atoms with Crippen LogP contribution in [-0.4, -0.2) is 32.1 Å². The maximum absolute atomic E-state index is 12.8. The van der Waals surface area contributed by atoms with Crippen molar-refractivity contribution in [3.8, 4) is 0 Å². The third kappa shape index (κ3) is 2.63.